The molecule has 132 valence electrons. The lowest BCUT2D eigenvalue weighted by atomic mass is 9.83. The maximum absolute atomic E-state index is 12.7. The standard InChI is InChI=1S/C20H25N3O2/c24-19-12-16(15-7-1-2-8-17(15)22-19)20(25)21-13-14-6-5-11-23-10-4-3-9-18(14)23/h1-2,7-8,12,14,18H,3-6,9-11,13H2,(H,21,25)(H,22,24)/t14-,18+/m1/s1. The van der Waals surface area contributed by atoms with Gasteiger partial charge in [-0.25, -0.2) is 0 Å². The summed E-state index contributed by atoms with van der Waals surface area (Å²) in [5, 5.41) is 3.90. The number of carbonyl (C=O) groups excluding carboxylic acids is 1. The fraction of sp³-hybridized carbons (Fsp3) is 0.500. The highest BCUT2D eigenvalue weighted by Gasteiger charge is 2.33. The van der Waals surface area contributed by atoms with Gasteiger partial charge in [-0.3, -0.25) is 9.59 Å². The molecule has 25 heavy (non-hydrogen) atoms. The van der Waals surface area contributed by atoms with E-state index in [-0.39, 0.29) is 11.5 Å². The Hall–Kier alpha value is -2.14. The minimum absolute atomic E-state index is 0.143. The number of hydrogen-bond acceptors (Lipinski definition) is 3. The van der Waals surface area contributed by atoms with Crippen molar-refractivity contribution >= 4 is 16.8 Å². The van der Waals surface area contributed by atoms with Crippen molar-refractivity contribution in [3.05, 3.63) is 46.2 Å². The van der Waals surface area contributed by atoms with Gasteiger partial charge in [-0.1, -0.05) is 24.6 Å². The third-order valence-corrected chi connectivity index (χ3v) is 5.75. The Bertz CT molecular complexity index is 827. The van der Waals surface area contributed by atoms with E-state index in [0.29, 0.717) is 29.6 Å². The van der Waals surface area contributed by atoms with Crippen molar-refractivity contribution in [2.75, 3.05) is 19.6 Å². The monoisotopic (exact) mass is 339 g/mol. The molecule has 4 rings (SSSR count). The van der Waals surface area contributed by atoms with Crippen LogP contribution < -0.4 is 10.9 Å². The van der Waals surface area contributed by atoms with Gasteiger partial charge in [0.25, 0.3) is 5.91 Å². The lowest BCUT2D eigenvalue weighted by Crippen LogP contribution is -2.51. The van der Waals surface area contributed by atoms with Crippen LogP contribution >= 0.6 is 0 Å². The highest BCUT2D eigenvalue weighted by atomic mass is 16.2. The zero-order chi connectivity index (χ0) is 17.2. The number of fused-ring (bicyclic) bond motifs is 2. The molecule has 2 saturated heterocycles. The van der Waals surface area contributed by atoms with Gasteiger partial charge >= 0.3 is 0 Å². The lowest BCUT2D eigenvalue weighted by Gasteiger charge is -2.44. The first-order valence-corrected chi connectivity index (χ1v) is 9.37. The quantitative estimate of drug-likeness (QED) is 0.903. The summed E-state index contributed by atoms with van der Waals surface area (Å²) >= 11 is 0. The summed E-state index contributed by atoms with van der Waals surface area (Å²) in [6.45, 7) is 3.10. The third-order valence-electron chi connectivity index (χ3n) is 5.75. The Balaban J connectivity index is 1.50. The average molecular weight is 339 g/mol. The SMILES string of the molecule is O=C(NC[C@H]1CCCN2CCCC[C@@H]12)c1cc(=O)[nH]c2ccccc12. The van der Waals surface area contributed by atoms with Crippen molar-refractivity contribution in [1.82, 2.24) is 15.2 Å². The van der Waals surface area contributed by atoms with Gasteiger partial charge in [0.05, 0.1) is 5.56 Å². The van der Waals surface area contributed by atoms with Crippen molar-refractivity contribution in [3.63, 3.8) is 0 Å². The number of piperidine rings is 2. The molecule has 5 heteroatoms. The zero-order valence-electron chi connectivity index (χ0n) is 14.5. The first kappa shape index (κ1) is 16.3. The van der Waals surface area contributed by atoms with E-state index in [2.05, 4.69) is 15.2 Å². The van der Waals surface area contributed by atoms with Crippen LogP contribution in [0, 0.1) is 5.92 Å². The molecule has 0 aliphatic carbocycles. The molecule has 1 aromatic heterocycles. The summed E-state index contributed by atoms with van der Waals surface area (Å²) in [6.07, 6.45) is 6.23. The molecule has 5 nitrogen and oxygen atoms in total. The molecular formula is C20H25N3O2. The Kier molecular flexibility index (Phi) is 4.57. The lowest BCUT2D eigenvalue weighted by molar-refractivity contribution is 0.0576. The van der Waals surface area contributed by atoms with Crippen LogP contribution in [0.5, 0.6) is 0 Å². The molecule has 2 fully saturated rings. The second-order valence-electron chi connectivity index (χ2n) is 7.30. The molecule has 2 aliphatic rings. The highest BCUT2D eigenvalue weighted by molar-refractivity contribution is 6.05. The third kappa shape index (κ3) is 3.33. The van der Waals surface area contributed by atoms with Crippen LogP contribution in [0.2, 0.25) is 0 Å². The van der Waals surface area contributed by atoms with Crippen LogP contribution in [0.25, 0.3) is 10.9 Å². The van der Waals surface area contributed by atoms with Gasteiger partial charge in [0.2, 0.25) is 5.56 Å². The fourth-order valence-corrected chi connectivity index (χ4v) is 4.53. The van der Waals surface area contributed by atoms with Gasteiger partial charge in [-0.05, 0) is 50.8 Å². The predicted octanol–water partition coefficient (Wildman–Crippen LogP) is 2.52. The molecule has 0 saturated carbocycles. The van der Waals surface area contributed by atoms with Crippen LogP contribution in [-0.4, -0.2) is 41.5 Å². The number of aromatic nitrogens is 1. The van der Waals surface area contributed by atoms with Gasteiger partial charge < -0.3 is 15.2 Å². The van der Waals surface area contributed by atoms with Gasteiger partial charge in [-0.2, -0.15) is 0 Å². The van der Waals surface area contributed by atoms with E-state index in [0.717, 1.165) is 5.39 Å². The minimum Gasteiger partial charge on any atom is -0.352 e. The first-order chi connectivity index (χ1) is 12.2. The van der Waals surface area contributed by atoms with Crippen molar-refractivity contribution in [2.45, 2.75) is 38.1 Å². The van der Waals surface area contributed by atoms with Crippen molar-refractivity contribution < 1.29 is 4.79 Å². The maximum atomic E-state index is 12.7. The Labute approximate surface area is 147 Å². The number of nitrogens with one attached hydrogen (secondary N) is 2. The summed E-state index contributed by atoms with van der Waals surface area (Å²) in [6, 6.07) is 9.47. The van der Waals surface area contributed by atoms with E-state index in [1.165, 1.54) is 51.3 Å². The smallest absolute Gasteiger partial charge is 0.252 e. The Morgan fingerprint density at radius 2 is 2.00 bits per heavy atom. The van der Waals surface area contributed by atoms with E-state index in [1.54, 1.807) is 0 Å². The number of hydrogen-bond donors (Lipinski definition) is 2. The van der Waals surface area contributed by atoms with Crippen LogP contribution in [0.15, 0.2) is 35.1 Å². The number of H-pyrrole nitrogens is 1. The number of nitrogens with zero attached hydrogens (tertiary/aromatic N) is 1. The number of para-hydroxylation sites is 1. The molecule has 2 aromatic rings. The van der Waals surface area contributed by atoms with Gasteiger partial charge in [0.15, 0.2) is 0 Å². The maximum Gasteiger partial charge on any atom is 0.252 e. The number of benzene rings is 1. The molecule has 0 bridgehead atoms. The molecule has 2 N–H and O–H groups in total. The number of aromatic amines is 1. The van der Waals surface area contributed by atoms with Crippen molar-refractivity contribution in [2.24, 2.45) is 5.92 Å². The van der Waals surface area contributed by atoms with E-state index in [9.17, 15) is 9.59 Å². The Morgan fingerprint density at radius 1 is 1.16 bits per heavy atom. The normalized spacial score (nSPS) is 24.0. The summed E-state index contributed by atoms with van der Waals surface area (Å²) in [5.41, 5.74) is 0.937. The van der Waals surface area contributed by atoms with Gasteiger partial charge in [0.1, 0.15) is 0 Å². The fourth-order valence-electron chi connectivity index (χ4n) is 4.53. The topological polar surface area (TPSA) is 65.2 Å². The van der Waals surface area contributed by atoms with Crippen LogP contribution in [0.1, 0.15) is 42.5 Å². The second-order valence-corrected chi connectivity index (χ2v) is 7.30. The average Bonchev–Trinajstić information content (AvgIpc) is 2.65. The molecule has 0 spiro atoms. The molecule has 1 aromatic carbocycles. The van der Waals surface area contributed by atoms with Gasteiger partial charge in [0, 0.05) is 29.6 Å². The van der Waals surface area contributed by atoms with E-state index in [4.69, 9.17) is 0 Å². The second kappa shape index (κ2) is 7.00. The summed E-state index contributed by atoms with van der Waals surface area (Å²) < 4.78 is 0. The number of carbonyl (C=O) groups is 1. The van der Waals surface area contributed by atoms with E-state index in [1.807, 2.05) is 24.3 Å². The number of amides is 1. The summed E-state index contributed by atoms with van der Waals surface area (Å²) in [7, 11) is 0. The zero-order valence-corrected chi connectivity index (χ0v) is 14.5. The van der Waals surface area contributed by atoms with Gasteiger partial charge in [-0.15, -0.1) is 0 Å². The molecular weight excluding hydrogens is 314 g/mol. The largest absolute Gasteiger partial charge is 0.352 e. The molecule has 2 atom stereocenters. The van der Waals surface area contributed by atoms with Crippen LogP contribution in [0.3, 0.4) is 0 Å². The predicted molar refractivity (Wildman–Crippen MR) is 98.8 cm³/mol. The molecule has 2 aliphatic heterocycles. The van der Waals surface area contributed by atoms with Crippen molar-refractivity contribution in [3.8, 4) is 0 Å². The van der Waals surface area contributed by atoms with E-state index < -0.39 is 0 Å². The van der Waals surface area contributed by atoms with Crippen LogP contribution in [-0.2, 0) is 0 Å². The Morgan fingerprint density at radius 3 is 2.92 bits per heavy atom. The molecule has 1 amide bonds. The number of pyridine rings is 1. The molecule has 3 heterocycles. The first-order valence-electron chi connectivity index (χ1n) is 9.37. The van der Waals surface area contributed by atoms with E-state index >= 15 is 0 Å². The number of rotatable bonds is 3. The summed E-state index contributed by atoms with van der Waals surface area (Å²) in [5.74, 6) is 0.376. The molecule has 0 unspecified atom stereocenters. The summed E-state index contributed by atoms with van der Waals surface area (Å²) in [4.78, 5) is 30.0. The van der Waals surface area contributed by atoms with Crippen LogP contribution in [0.4, 0.5) is 0 Å². The highest BCUT2D eigenvalue weighted by Crippen LogP contribution is 2.30. The molecule has 0 radical (unpaired) electrons. The van der Waals surface area contributed by atoms with Crippen molar-refractivity contribution in [1.29, 1.82) is 0 Å². The minimum atomic E-state index is -0.236.